The number of hydrogen-bond donors (Lipinski definition) is 1. The molecule has 1 aliphatic heterocycles. The summed E-state index contributed by atoms with van der Waals surface area (Å²) in [7, 11) is -3.41. The Morgan fingerprint density at radius 2 is 1.97 bits per heavy atom. The Bertz CT molecular complexity index is 1090. The second-order valence-electron chi connectivity index (χ2n) is 7.91. The van der Waals surface area contributed by atoms with Crippen molar-refractivity contribution >= 4 is 38.4 Å². The third-order valence-corrected chi connectivity index (χ3v) is 6.17. The second-order valence-corrected chi connectivity index (χ2v) is 10.0. The molecule has 30 heavy (non-hydrogen) atoms. The van der Waals surface area contributed by atoms with Crippen molar-refractivity contribution in [2.45, 2.75) is 32.7 Å². The van der Waals surface area contributed by atoms with Gasteiger partial charge in [0.2, 0.25) is 5.91 Å². The number of furan rings is 1. The first-order valence-corrected chi connectivity index (χ1v) is 11.9. The summed E-state index contributed by atoms with van der Waals surface area (Å²) in [5, 5.41) is 3.51. The molecule has 162 valence electrons. The number of benzene rings is 1. The number of Topliss-reactive ketones (excluding diaryl/α,β-unsaturated/α-hetero) is 1. The largest absolute Gasteiger partial charge is 0.451 e. The lowest BCUT2D eigenvalue weighted by molar-refractivity contribution is -0.136. The van der Waals surface area contributed by atoms with Crippen molar-refractivity contribution in [2.24, 2.45) is 5.92 Å². The van der Waals surface area contributed by atoms with E-state index in [0.717, 1.165) is 11.6 Å². The standard InChI is InChI=1S/C21H26N2O6S/c1-13-16-8-4-5-9-18(16)29-19(13)20(25)22-14(2)21(26)23-10-6-7-15(11-23)17(24)12-30(3,27)28/h4-5,8-9,14-15H,6-7,10-12H2,1-3H3,(H,22,25)/t14-,15+/m1/s1. The van der Waals surface area contributed by atoms with Crippen molar-refractivity contribution < 1.29 is 27.2 Å². The van der Waals surface area contributed by atoms with E-state index in [1.54, 1.807) is 19.9 Å². The fourth-order valence-electron chi connectivity index (χ4n) is 3.81. The quantitative estimate of drug-likeness (QED) is 0.740. The van der Waals surface area contributed by atoms with Crippen molar-refractivity contribution in [3.05, 3.63) is 35.6 Å². The van der Waals surface area contributed by atoms with Crippen LogP contribution in [0.3, 0.4) is 0 Å². The Hall–Kier alpha value is -2.68. The minimum Gasteiger partial charge on any atom is -0.451 e. The summed E-state index contributed by atoms with van der Waals surface area (Å²) in [6.07, 6.45) is 2.18. The van der Waals surface area contributed by atoms with Gasteiger partial charge in [0, 0.05) is 36.2 Å². The van der Waals surface area contributed by atoms with Gasteiger partial charge < -0.3 is 14.6 Å². The molecule has 0 aliphatic carbocycles. The molecule has 0 radical (unpaired) electrons. The third kappa shape index (κ3) is 4.89. The zero-order valence-electron chi connectivity index (χ0n) is 17.3. The average Bonchev–Trinajstić information content (AvgIpc) is 3.03. The van der Waals surface area contributed by atoms with E-state index < -0.39 is 33.5 Å². The number of sulfone groups is 1. The molecule has 1 fully saturated rings. The number of likely N-dealkylation sites (tertiary alicyclic amines) is 1. The van der Waals surface area contributed by atoms with Gasteiger partial charge in [-0.1, -0.05) is 18.2 Å². The van der Waals surface area contributed by atoms with Crippen LogP contribution in [-0.2, 0) is 19.4 Å². The SMILES string of the molecule is Cc1c(C(=O)N[C@H](C)C(=O)N2CCC[C@H](C(=O)CS(C)(=O)=O)C2)oc2ccccc12. The lowest BCUT2D eigenvalue weighted by Crippen LogP contribution is -2.51. The van der Waals surface area contributed by atoms with Crippen LogP contribution in [-0.4, -0.2) is 62.1 Å². The molecule has 3 rings (SSSR count). The number of carbonyl (C=O) groups is 3. The van der Waals surface area contributed by atoms with Crippen LogP contribution in [0.4, 0.5) is 0 Å². The van der Waals surface area contributed by atoms with Crippen LogP contribution >= 0.6 is 0 Å². The van der Waals surface area contributed by atoms with Gasteiger partial charge in [-0.15, -0.1) is 0 Å². The molecule has 9 heteroatoms. The highest BCUT2D eigenvalue weighted by molar-refractivity contribution is 7.91. The molecule has 0 bridgehead atoms. The van der Waals surface area contributed by atoms with E-state index in [1.807, 2.05) is 18.2 Å². The van der Waals surface area contributed by atoms with Crippen molar-refractivity contribution in [2.75, 3.05) is 25.1 Å². The normalized spacial score (nSPS) is 18.2. The highest BCUT2D eigenvalue weighted by Crippen LogP contribution is 2.25. The van der Waals surface area contributed by atoms with Gasteiger partial charge in [0.05, 0.1) is 0 Å². The Morgan fingerprint density at radius 1 is 1.27 bits per heavy atom. The number of piperidine rings is 1. The van der Waals surface area contributed by atoms with Gasteiger partial charge in [-0.2, -0.15) is 0 Å². The second kappa shape index (κ2) is 8.59. The number of para-hydroxylation sites is 1. The molecular formula is C21H26N2O6S. The van der Waals surface area contributed by atoms with Crippen molar-refractivity contribution in [3.63, 3.8) is 0 Å². The zero-order valence-corrected chi connectivity index (χ0v) is 18.1. The van der Waals surface area contributed by atoms with Crippen molar-refractivity contribution in [1.82, 2.24) is 10.2 Å². The highest BCUT2D eigenvalue weighted by atomic mass is 32.2. The predicted molar refractivity (Wildman–Crippen MR) is 112 cm³/mol. The molecule has 1 aromatic heterocycles. The Balaban J connectivity index is 1.65. The van der Waals surface area contributed by atoms with Gasteiger partial charge in [-0.25, -0.2) is 8.42 Å². The molecule has 0 saturated carbocycles. The first-order chi connectivity index (χ1) is 14.1. The summed E-state index contributed by atoms with van der Waals surface area (Å²) < 4.78 is 28.4. The molecule has 1 aromatic carbocycles. The minimum absolute atomic E-state index is 0.163. The number of nitrogens with one attached hydrogen (secondary N) is 1. The number of hydrogen-bond acceptors (Lipinski definition) is 6. The maximum Gasteiger partial charge on any atom is 0.287 e. The fourth-order valence-corrected chi connectivity index (χ4v) is 4.56. The van der Waals surface area contributed by atoms with Gasteiger partial charge >= 0.3 is 0 Å². The number of nitrogens with zero attached hydrogens (tertiary/aromatic N) is 1. The average molecular weight is 435 g/mol. The molecule has 1 N–H and O–H groups in total. The molecule has 2 amide bonds. The first-order valence-electron chi connectivity index (χ1n) is 9.85. The van der Waals surface area contributed by atoms with Crippen LogP contribution in [0.5, 0.6) is 0 Å². The Morgan fingerprint density at radius 3 is 2.63 bits per heavy atom. The molecule has 2 atom stereocenters. The van der Waals surface area contributed by atoms with Gasteiger partial charge in [0.15, 0.2) is 21.4 Å². The molecular weight excluding hydrogens is 408 g/mol. The van der Waals surface area contributed by atoms with Crippen LogP contribution in [0.25, 0.3) is 11.0 Å². The molecule has 2 heterocycles. The predicted octanol–water partition coefficient (Wildman–Crippen LogP) is 1.71. The van der Waals surface area contributed by atoms with E-state index in [0.29, 0.717) is 30.5 Å². The highest BCUT2D eigenvalue weighted by Gasteiger charge is 2.32. The van der Waals surface area contributed by atoms with E-state index in [1.165, 1.54) is 4.90 Å². The molecule has 0 spiro atoms. The van der Waals surface area contributed by atoms with E-state index in [-0.39, 0.29) is 24.0 Å². The van der Waals surface area contributed by atoms with E-state index in [2.05, 4.69) is 5.32 Å². The maximum atomic E-state index is 12.8. The van der Waals surface area contributed by atoms with Crippen LogP contribution < -0.4 is 5.32 Å². The number of amides is 2. The van der Waals surface area contributed by atoms with Gasteiger partial charge in [-0.05, 0) is 32.8 Å². The third-order valence-electron chi connectivity index (χ3n) is 5.36. The summed E-state index contributed by atoms with van der Waals surface area (Å²) in [6.45, 7) is 4.00. The molecule has 2 aromatic rings. The lowest BCUT2D eigenvalue weighted by atomic mass is 9.94. The molecule has 1 aliphatic rings. The number of rotatable bonds is 6. The van der Waals surface area contributed by atoms with Crippen LogP contribution in [0, 0.1) is 12.8 Å². The van der Waals surface area contributed by atoms with Crippen LogP contribution in [0.1, 0.15) is 35.9 Å². The van der Waals surface area contributed by atoms with Gasteiger partial charge in [-0.3, -0.25) is 14.4 Å². The van der Waals surface area contributed by atoms with Crippen molar-refractivity contribution in [1.29, 1.82) is 0 Å². The number of carbonyl (C=O) groups excluding carboxylic acids is 3. The summed E-state index contributed by atoms with van der Waals surface area (Å²) in [6, 6.07) is 6.50. The summed E-state index contributed by atoms with van der Waals surface area (Å²) >= 11 is 0. The maximum absolute atomic E-state index is 12.8. The molecule has 1 saturated heterocycles. The number of aryl methyl sites for hydroxylation is 1. The molecule has 8 nitrogen and oxygen atoms in total. The zero-order chi connectivity index (χ0) is 22.1. The summed E-state index contributed by atoms with van der Waals surface area (Å²) in [4.78, 5) is 39.2. The minimum atomic E-state index is -3.41. The molecule has 0 unspecified atom stereocenters. The van der Waals surface area contributed by atoms with E-state index in [4.69, 9.17) is 4.42 Å². The van der Waals surface area contributed by atoms with Gasteiger partial charge in [0.25, 0.3) is 5.91 Å². The van der Waals surface area contributed by atoms with Crippen LogP contribution in [0.2, 0.25) is 0 Å². The van der Waals surface area contributed by atoms with E-state index >= 15 is 0 Å². The van der Waals surface area contributed by atoms with E-state index in [9.17, 15) is 22.8 Å². The van der Waals surface area contributed by atoms with Gasteiger partial charge in [0.1, 0.15) is 17.4 Å². The summed E-state index contributed by atoms with van der Waals surface area (Å²) in [5.74, 6) is -2.02. The first kappa shape index (κ1) is 22.0. The smallest absolute Gasteiger partial charge is 0.287 e. The topological polar surface area (TPSA) is 114 Å². The number of ketones is 1. The van der Waals surface area contributed by atoms with Crippen LogP contribution in [0.15, 0.2) is 28.7 Å². The summed E-state index contributed by atoms with van der Waals surface area (Å²) in [5.41, 5.74) is 1.30. The Labute approximate surface area is 175 Å². The number of fused-ring (bicyclic) bond motifs is 1. The fraction of sp³-hybridized carbons (Fsp3) is 0.476. The van der Waals surface area contributed by atoms with Crippen molar-refractivity contribution in [3.8, 4) is 0 Å². The Kier molecular flexibility index (Phi) is 6.30. The monoisotopic (exact) mass is 434 g/mol. The lowest BCUT2D eigenvalue weighted by Gasteiger charge is -2.33.